The molecule has 2 aromatic carbocycles. The Kier molecular flexibility index (Phi) is 6.68. The molecule has 3 N–H and O–H groups in total. The van der Waals surface area contributed by atoms with Gasteiger partial charge in [0.15, 0.2) is 0 Å². The first-order chi connectivity index (χ1) is 15.5. The quantitative estimate of drug-likeness (QED) is 0.532. The average Bonchev–Trinajstić information content (AvgIpc) is 2.81. The van der Waals surface area contributed by atoms with Gasteiger partial charge in [0.1, 0.15) is 6.04 Å². The van der Waals surface area contributed by atoms with Crippen LogP contribution in [0.15, 0.2) is 71.5 Å². The summed E-state index contributed by atoms with van der Waals surface area (Å²) in [6.07, 6.45) is 0. The Bertz CT molecular complexity index is 1120. The van der Waals surface area contributed by atoms with Gasteiger partial charge in [-0.25, -0.2) is 0 Å². The first kappa shape index (κ1) is 21.8. The third kappa shape index (κ3) is 5.07. The fourth-order valence-electron chi connectivity index (χ4n) is 3.95. The van der Waals surface area contributed by atoms with Crippen molar-refractivity contribution in [3.8, 4) is 11.3 Å². The van der Waals surface area contributed by atoms with Gasteiger partial charge in [0.2, 0.25) is 0 Å². The van der Waals surface area contributed by atoms with Gasteiger partial charge >= 0.3 is 5.97 Å². The summed E-state index contributed by atoms with van der Waals surface area (Å²) in [6.45, 7) is 4.18. The van der Waals surface area contributed by atoms with E-state index in [0.717, 1.165) is 43.1 Å². The van der Waals surface area contributed by atoms with Gasteiger partial charge in [-0.15, -0.1) is 0 Å². The van der Waals surface area contributed by atoms with E-state index < -0.39 is 12.0 Å². The second-order valence-corrected chi connectivity index (χ2v) is 8.13. The predicted octanol–water partition coefficient (Wildman–Crippen LogP) is 2.71. The summed E-state index contributed by atoms with van der Waals surface area (Å²) in [5, 5.41) is 12.5. The number of hydrogen-bond donors (Lipinski definition) is 3. The zero-order valence-electron chi connectivity index (χ0n) is 18.1. The van der Waals surface area contributed by atoms with Crippen LogP contribution >= 0.6 is 0 Å². The maximum absolute atomic E-state index is 12.7. The number of carboxylic acid groups (broad SMARTS) is 1. The van der Waals surface area contributed by atoms with Gasteiger partial charge in [-0.1, -0.05) is 48.5 Å². The molecule has 1 atom stereocenters. The zero-order chi connectivity index (χ0) is 22.5. The molecule has 1 aliphatic heterocycles. The van der Waals surface area contributed by atoms with Crippen molar-refractivity contribution in [2.75, 3.05) is 38.1 Å². The number of aromatic amines is 1. The minimum Gasteiger partial charge on any atom is -0.480 e. The van der Waals surface area contributed by atoms with Crippen molar-refractivity contribution in [2.24, 2.45) is 0 Å². The summed E-state index contributed by atoms with van der Waals surface area (Å²) >= 11 is 0. The molecule has 0 saturated carbocycles. The number of nitrogens with one attached hydrogen (secondary N) is 2. The van der Waals surface area contributed by atoms with E-state index >= 15 is 0 Å². The molecule has 1 unspecified atom stereocenters. The number of likely N-dealkylation sites (N-methyl/N-ethyl adjacent to an activating group) is 1. The molecule has 1 fully saturated rings. The maximum Gasteiger partial charge on any atom is 0.325 e. The molecule has 4 rings (SSSR count). The molecule has 1 saturated heterocycles. The van der Waals surface area contributed by atoms with E-state index in [2.05, 4.69) is 39.3 Å². The topological polar surface area (TPSA) is 88.7 Å². The van der Waals surface area contributed by atoms with E-state index in [9.17, 15) is 14.7 Å². The van der Waals surface area contributed by atoms with Gasteiger partial charge in [0, 0.05) is 55.2 Å². The standard InChI is InChI=1S/C25H28N4O3/c1-28-12-14-29(15-13-28)21-9-5-8-19(16-21)22-11-10-20(24(30)27-22)17-26-23(25(31)32)18-6-3-2-4-7-18/h2-11,16,23,26H,12-15,17H2,1H3,(H,27,30)(H,31,32). The number of carboxylic acids is 1. The number of H-pyrrole nitrogens is 1. The lowest BCUT2D eigenvalue weighted by Crippen LogP contribution is -2.44. The number of benzene rings is 2. The first-order valence-electron chi connectivity index (χ1n) is 10.8. The van der Waals surface area contributed by atoms with Crippen molar-refractivity contribution in [2.45, 2.75) is 12.6 Å². The average molecular weight is 433 g/mol. The van der Waals surface area contributed by atoms with E-state index in [1.165, 1.54) is 0 Å². The molecule has 3 aromatic rings. The predicted molar refractivity (Wildman–Crippen MR) is 126 cm³/mol. The number of anilines is 1. The van der Waals surface area contributed by atoms with E-state index in [1.54, 1.807) is 30.3 Å². The van der Waals surface area contributed by atoms with Crippen LogP contribution in [0.2, 0.25) is 0 Å². The number of aliphatic carboxylic acids is 1. The van der Waals surface area contributed by atoms with Crippen LogP contribution in [0.4, 0.5) is 5.69 Å². The Balaban J connectivity index is 1.48. The molecule has 1 aliphatic rings. The van der Waals surface area contributed by atoms with Crippen molar-refractivity contribution < 1.29 is 9.90 Å². The van der Waals surface area contributed by atoms with Crippen LogP contribution in [0.5, 0.6) is 0 Å². The monoisotopic (exact) mass is 432 g/mol. The molecule has 0 radical (unpaired) electrons. The number of pyridine rings is 1. The molecule has 32 heavy (non-hydrogen) atoms. The summed E-state index contributed by atoms with van der Waals surface area (Å²) in [4.78, 5) is 32.0. The molecular weight excluding hydrogens is 404 g/mol. The van der Waals surface area contributed by atoms with Crippen molar-refractivity contribution >= 4 is 11.7 Å². The van der Waals surface area contributed by atoms with Gasteiger partial charge < -0.3 is 19.9 Å². The molecule has 7 nitrogen and oxygen atoms in total. The van der Waals surface area contributed by atoms with Gasteiger partial charge in [-0.2, -0.15) is 0 Å². The van der Waals surface area contributed by atoms with Crippen molar-refractivity contribution in [1.29, 1.82) is 0 Å². The molecule has 0 bridgehead atoms. The van der Waals surface area contributed by atoms with Gasteiger partial charge in [0.25, 0.3) is 5.56 Å². The molecular formula is C25H28N4O3. The number of aromatic nitrogens is 1. The smallest absolute Gasteiger partial charge is 0.325 e. The number of piperazine rings is 1. The lowest BCUT2D eigenvalue weighted by Gasteiger charge is -2.34. The van der Waals surface area contributed by atoms with Crippen LogP contribution in [0, 0.1) is 0 Å². The van der Waals surface area contributed by atoms with Crippen LogP contribution in [0.1, 0.15) is 17.2 Å². The molecule has 166 valence electrons. The van der Waals surface area contributed by atoms with Crippen LogP contribution in [0.25, 0.3) is 11.3 Å². The molecule has 7 heteroatoms. The van der Waals surface area contributed by atoms with Crippen molar-refractivity contribution in [3.63, 3.8) is 0 Å². The number of carbonyl (C=O) groups is 1. The minimum atomic E-state index is -0.982. The second kappa shape index (κ2) is 9.80. The van der Waals surface area contributed by atoms with E-state index in [0.29, 0.717) is 11.1 Å². The summed E-state index contributed by atoms with van der Waals surface area (Å²) in [7, 11) is 2.13. The van der Waals surface area contributed by atoms with Crippen LogP contribution < -0.4 is 15.8 Å². The Morgan fingerprint density at radius 3 is 2.47 bits per heavy atom. The highest BCUT2D eigenvalue weighted by Crippen LogP contribution is 2.24. The number of nitrogens with zero attached hydrogens (tertiary/aromatic N) is 2. The first-order valence-corrected chi connectivity index (χ1v) is 10.8. The molecule has 0 spiro atoms. The Morgan fingerprint density at radius 2 is 1.78 bits per heavy atom. The summed E-state index contributed by atoms with van der Waals surface area (Å²) < 4.78 is 0. The highest BCUT2D eigenvalue weighted by Gasteiger charge is 2.19. The van der Waals surface area contributed by atoms with Gasteiger partial charge in [-0.05, 0) is 30.8 Å². The summed E-state index contributed by atoms with van der Waals surface area (Å²) in [5.41, 5.74) is 3.75. The lowest BCUT2D eigenvalue weighted by atomic mass is 10.1. The fourth-order valence-corrected chi connectivity index (χ4v) is 3.95. The van der Waals surface area contributed by atoms with Crippen LogP contribution in [-0.4, -0.2) is 54.2 Å². The van der Waals surface area contributed by atoms with Crippen LogP contribution in [-0.2, 0) is 11.3 Å². The molecule has 1 aromatic heterocycles. The highest BCUT2D eigenvalue weighted by molar-refractivity contribution is 5.75. The van der Waals surface area contributed by atoms with E-state index in [1.807, 2.05) is 24.3 Å². The minimum absolute atomic E-state index is 0.156. The van der Waals surface area contributed by atoms with Crippen molar-refractivity contribution in [1.82, 2.24) is 15.2 Å². The Morgan fingerprint density at radius 1 is 1.03 bits per heavy atom. The molecule has 0 amide bonds. The molecule has 2 heterocycles. The fraction of sp³-hybridized carbons (Fsp3) is 0.280. The number of hydrogen-bond acceptors (Lipinski definition) is 5. The number of rotatable bonds is 7. The van der Waals surface area contributed by atoms with Gasteiger partial charge in [0.05, 0.1) is 0 Å². The Labute approximate surface area is 187 Å². The lowest BCUT2D eigenvalue weighted by molar-refractivity contribution is -0.139. The van der Waals surface area contributed by atoms with Crippen LogP contribution in [0.3, 0.4) is 0 Å². The van der Waals surface area contributed by atoms with E-state index in [-0.39, 0.29) is 12.1 Å². The van der Waals surface area contributed by atoms with E-state index in [4.69, 9.17) is 0 Å². The molecule has 0 aliphatic carbocycles. The second-order valence-electron chi connectivity index (χ2n) is 8.13. The third-order valence-corrected chi connectivity index (χ3v) is 5.89. The summed E-state index contributed by atoms with van der Waals surface area (Å²) in [5.74, 6) is -0.982. The zero-order valence-corrected chi connectivity index (χ0v) is 18.1. The van der Waals surface area contributed by atoms with Crippen molar-refractivity contribution in [3.05, 3.63) is 88.2 Å². The largest absolute Gasteiger partial charge is 0.480 e. The Hall–Kier alpha value is -3.42. The SMILES string of the molecule is CN1CCN(c2cccc(-c3ccc(CNC(C(=O)O)c4ccccc4)c(=O)[nH]3)c2)CC1. The normalized spacial score (nSPS) is 15.5. The summed E-state index contributed by atoms with van der Waals surface area (Å²) in [6, 6.07) is 19.9. The van der Waals surface area contributed by atoms with Gasteiger partial charge in [-0.3, -0.25) is 14.9 Å². The highest BCUT2D eigenvalue weighted by atomic mass is 16.4. The maximum atomic E-state index is 12.7. The third-order valence-electron chi connectivity index (χ3n) is 5.89.